The van der Waals surface area contributed by atoms with Gasteiger partial charge in [0.25, 0.3) is 0 Å². The number of aliphatic hydroxyl groups is 1. The smallest absolute Gasteiger partial charge is 0.462 e. The summed E-state index contributed by atoms with van der Waals surface area (Å²) in [4.78, 5) is 73.2. The molecule has 0 fully saturated rings. The highest BCUT2D eigenvalue weighted by Gasteiger charge is 2.30. The van der Waals surface area contributed by atoms with Crippen molar-refractivity contribution in [2.75, 3.05) is 39.6 Å². The molecule has 0 aliphatic heterocycles. The lowest BCUT2D eigenvalue weighted by Crippen LogP contribution is -2.30. The fourth-order valence-corrected chi connectivity index (χ4v) is 11.3. The highest BCUT2D eigenvalue weighted by molar-refractivity contribution is 7.47. The third-order valence-corrected chi connectivity index (χ3v) is 17.7. The van der Waals surface area contributed by atoms with Gasteiger partial charge in [0.2, 0.25) is 0 Å². The van der Waals surface area contributed by atoms with Crippen LogP contribution in [0.2, 0.25) is 0 Å². The molecule has 112 heavy (non-hydrogen) atoms. The number of esters is 4. The molecule has 0 aromatic heterocycles. The Kier molecular flexibility index (Phi) is 76.6. The predicted molar refractivity (Wildman–Crippen MR) is 463 cm³/mol. The molecule has 0 aromatic rings. The molecule has 626 valence electrons. The SMILES string of the molecule is CC/C=C\C/C=C\C/C=C\C/C=C\C/C=C\C/C=C\CCC(=O)OCC(COP(=O)(O)OCC(O)COP(=O)(O)OCC(COC(=O)CCCCC/C=C\C/C=C\C/C=C\C/C=C\C/C=C\CC)OC(=O)CCCCC/C=C\C/C=C\C/C=C\C/C=C\C/C=C\CC)OC(=O)CCCC/C=C\C/C=C\C/C=C\C/C=C\CC. The van der Waals surface area contributed by atoms with Crippen LogP contribution in [0.5, 0.6) is 0 Å². The molecule has 0 saturated heterocycles. The monoisotopic (exact) mass is 1590 g/mol. The minimum absolute atomic E-state index is 0.0139. The Morgan fingerprint density at radius 1 is 0.250 bits per heavy atom. The van der Waals surface area contributed by atoms with Crippen LogP contribution in [0.3, 0.4) is 0 Å². The first-order chi connectivity index (χ1) is 54.7. The Morgan fingerprint density at radius 2 is 0.455 bits per heavy atom. The van der Waals surface area contributed by atoms with Crippen LogP contribution in [0.4, 0.5) is 0 Å². The quantitative estimate of drug-likeness (QED) is 0.0169. The van der Waals surface area contributed by atoms with Crippen molar-refractivity contribution in [2.45, 2.75) is 277 Å². The molecule has 0 spiro atoms. The summed E-state index contributed by atoms with van der Waals surface area (Å²) in [5.41, 5.74) is 0. The van der Waals surface area contributed by atoms with Crippen molar-refractivity contribution in [3.05, 3.63) is 243 Å². The maximum absolute atomic E-state index is 13.1. The third kappa shape index (κ3) is 80.9. The number of phosphoric ester groups is 2. The lowest BCUT2D eigenvalue weighted by molar-refractivity contribution is -0.161. The van der Waals surface area contributed by atoms with Crippen LogP contribution < -0.4 is 0 Å². The first-order valence-corrected chi connectivity index (χ1v) is 44.3. The zero-order valence-corrected chi connectivity index (χ0v) is 70.3. The maximum atomic E-state index is 13.1. The molecular weight excluding hydrogens is 1450 g/mol. The van der Waals surface area contributed by atoms with Gasteiger partial charge in [0, 0.05) is 25.7 Å². The van der Waals surface area contributed by atoms with E-state index in [0.29, 0.717) is 38.5 Å². The van der Waals surface area contributed by atoms with Gasteiger partial charge in [-0.2, -0.15) is 0 Å². The van der Waals surface area contributed by atoms with Crippen LogP contribution in [0, 0.1) is 0 Å². The van der Waals surface area contributed by atoms with Gasteiger partial charge in [0.1, 0.15) is 19.3 Å². The Hall–Kier alpha value is -7.14. The van der Waals surface area contributed by atoms with Gasteiger partial charge in [-0.3, -0.25) is 37.3 Å². The number of carbonyl (C=O) groups excluding carboxylic acids is 4. The van der Waals surface area contributed by atoms with Crippen LogP contribution in [0.25, 0.3) is 0 Å². The summed E-state index contributed by atoms with van der Waals surface area (Å²) in [5.74, 6) is -2.43. The van der Waals surface area contributed by atoms with Crippen molar-refractivity contribution in [1.82, 2.24) is 0 Å². The molecule has 0 amide bonds. The normalized spacial score (nSPS) is 15.0. The molecule has 5 atom stereocenters. The minimum atomic E-state index is -5.03. The average molecular weight is 1590 g/mol. The molecule has 17 nitrogen and oxygen atoms in total. The summed E-state index contributed by atoms with van der Waals surface area (Å²) < 4.78 is 68.5. The number of hydrogen-bond donors (Lipinski definition) is 3. The van der Waals surface area contributed by atoms with Gasteiger partial charge in [-0.1, -0.05) is 284 Å². The van der Waals surface area contributed by atoms with E-state index in [0.717, 1.165) is 167 Å². The number of allylic oxidation sites excluding steroid dienone is 40. The molecule has 0 heterocycles. The standard InChI is InChI=1S/C93H142O17P2/c1-5-9-13-17-21-25-29-33-37-40-43-46-50-53-57-61-65-69-73-77-90(95)103-83-88(109-92(97)79-75-71-67-63-59-55-49-36-32-28-24-20-16-12-8-4)85-107-111(99,100)105-81-87(94)82-106-112(101,102)108-86-89(110-93(98)80-76-72-68-64-60-56-52-48-45-42-39-35-31-27-23-19-15-11-7-3)84-104-91(96)78-74-70-66-62-58-54-51-47-44-41-38-34-30-26-22-18-14-10-6-2/h9-16,21-28,33-39,43-49,53-54,56-60,63,65,69,87-89,94H,5-8,17-20,29-32,40-42,50-52,55,61-62,64,66-68,70-86H2,1-4H3,(H,99,100)(H,101,102)/b13-9-,14-10-,15-11-,16-12-,25-21-,26-22-,27-23-,28-24-,37-33-,38-34-,39-35-,46-43-,47-44-,48-45-,49-36-,57-53-,58-54-,60-56-,63-59-,69-65-. The average Bonchev–Trinajstić information content (AvgIpc) is 0.898. The summed E-state index contributed by atoms with van der Waals surface area (Å²) in [6.45, 7) is 4.16. The second-order valence-electron chi connectivity index (χ2n) is 26.2. The van der Waals surface area contributed by atoms with Gasteiger partial charge in [0.05, 0.1) is 26.4 Å². The zero-order valence-electron chi connectivity index (χ0n) is 68.5. The van der Waals surface area contributed by atoms with Crippen molar-refractivity contribution >= 4 is 39.5 Å². The number of unbranched alkanes of at least 4 members (excludes halogenated alkanes) is 8. The lowest BCUT2D eigenvalue weighted by Gasteiger charge is -2.21. The predicted octanol–water partition coefficient (Wildman–Crippen LogP) is 24.8. The first-order valence-electron chi connectivity index (χ1n) is 41.3. The van der Waals surface area contributed by atoms with Crippen molar-refractivity contribution in [3.63, 3.8) is 0 Å². The van der Waals surface area contributed by atoms with Crippen LogP contribution in [0.15, 0.2) is 243 Å². The fraction of sp³-hybridized carbons (Fsp3) is 0.527. The number of rotatable bonds is 74. The van der Waals surface area contributed by atoms with E-state index in [2.05, 4.69) is 246 Å². The van der Waals surface area contributed by atoms with Crippen LogP contribution >= 0.6 is 15.6 Å². The van der Waals surface area contributed by atoms with E-state index in [1.807, 2.05) is 24.3 Å². The van der Waals surface area contributed by atoms with E-state index in [4.69, 9.17) is 37.0 Å². The molecule has 3 N–H and O–H groups in total. The molecule has 19 heteroatoms. The fourth-order valence-electron chi connectivity index (χ4n) is 9.70. The van der Waals surface area contributed by atoms with Gasteiger partial charge in [0.15, 0.2) is 12.2 Å². The highest BCUT2D eigenvalue weighted by Crippen LogP contribution is 2.45. The first kappa shape index (κ1) is 105. The van der Waals surface area contributed by atoms with Crippen LogP contribution in [0.1, 0.15) is 259 Å². The maximum Gasteiger partial charge on any atom is 0.472 e. The van der Waals surface area contributed by atoms with Gasteiger partial charge >= 0.3 is 39.5 Å². The van der Waals surface area contributed by atoms with Crippen molar-refractivity contribution in [2.24, 2.45) is 0 Å². The summed E-state index contributed by atoms with van der Waals surface area (Å²) in [5, 5.41) is 10.7. The molecule has 0 aliphatic rings. The van der Waals surface area contributed by atoms with Crippen LogP contribution in [-0.4, -0.2) is 96.7 Å². The van der Waals surface area contributed by atoms with Gasteiger partial charge in [-0.25, -0.2) is 9.13 Å². The zero-order chi connectivity index (χ0) is 81.7. The van der Waals surface area contributed by atoms with E-state index < -0.39 is 97.5 Å². The van der Waals surface area contributed by atoms with E-state index in [1.54, 1.807) is 0 Å². The summed E-state index contributed by atoms with van der Waals surface area (Å²) in [7, 11) is -10.1. The molecule has 0 aliphatic carbocycles. The summed E-state index contributed by atoms with van der Waals surface area (Å²) >= 11 is 0. The van der Waals surface area contributed by atoms with Crippen LogP contribution in [-0.2, 0) is 65.4 Å². The molecule has 0 saturated carbocycles. The summed E-state index contributed by atoms with van der Waals surface area (Å²) in [6.07, 6.45) is 107. The Morgan fingerprint density at radius 3 is 0.723 bits per heavy atom. The van der Waals surface area contributed by atoms with E-state index in [9.17, 15) is 43.2 Å². The van der Waals surface area contributed by atoms with E-state index in [1.165, 1.54) is 0 Å². The molecular formula is C93H142O17P2. The van der Waals surface area contributed by atoms with Gasteiger partial charge in [-0.15, -0.1) is 0 Å². The Labute approximate surface area is 676 Å². The largest absolute Gasteiger partial charge is 0.472 e. The van der Waals surface area contributed by atoms with Gasteiger partial charge < -0.3 is 33.8 Å². The number of carbonyl (C=O) groups is 4. The number of phosphoric acid groups is 2. The number of aliphatic hydroxyl groups excluding tert-OH is 1. The van der Waals surface area contributed by atoms with Gasteiger partial charge in [-0.05, 0) is 193 Å². The van der Waals surface area contributed by atoms with E-state index in [-0.39, 0.29) is 25.7 Å². The Balaban J connectivity index is 5.58. The molecule has 0 aromatic carbocycles. The molecule has 0 bridgehead atoms. The molecule has 0 radical (unpaired) electrons. The number of hydrogen-bond acceptors (Lipinski definition) is 15. The number of ether oxygens (including phenoxy) is 4. The van der Waals surface area contributed by atoms with Crippen molar-refractivity contribution in [1.29, 1.82) is 0 Å². The van der Waals surface area contributed by atoms with Crippen molar-refractivity contribution in [3.8, 4) is 0 Å². The minimum Gasteiger partial charge on any atom is -0.462 e. The topological polar surface area (TPSA) is 237 Å². The molecule has 0 rings (SSSR count). The third-order valence-electron chi connectivity index (χ3n) is 15.8. The van der Waals surface area contributed by atoms with Crippen molar-refractivity contribution < 1.29 is 80.2 Å². The second-order valence-corrected chi connectivity index (χ2v) is 29.1. The lowest BCUT2D eigenvalue weighted by atomic mass is 10.1. The highest BCUT2D eigenvalue weighted by atomic mass is 31.2. The van der Waals surface area contributed by atoms with E-state index >= 15 is 0 Å². The second kappa shape index (κ2) is 81.9. The summed E-state index contributed by atoms with van der Waals surface area (Å²) in [6, 6.07) is 0. The molecule has 5 unspecified atom stereocenters. The Bertz CT molecular complexity index is 3090.